The van der Waals surface area contributed by atoms with Crippen molar-refractivity contribution >= 4 is 45.1 Å². The third-order valence-corrected chi connectivity index (χ3v) is 11.6. The average Bonchev–Trinajstić information content (AvgIpc) is 3.66. The number of hydrogen-bond acceptors (Lipinski definition) is 12. The lowest BCUT2D eigenvalue weighted by Crippen LogP contribution is -2.28. The quantitative estimate of drug-likeness (QED) is 0.0441. The zero-order chi connectivity index (χ0) is 43.6. The number of nitrogens with zero attached hydrogens (tertiary/aromatic N) is 3. The number of fused-ring (bicyclic) bond motifs is 1. The van der Waals surface area contributed by atoms with Gasteiger partial charge in [-0.1, -0.05) is 54.1 Å². The molecule has 0 aliphatic rings. The summed E-state index contributed by atoms with van der Waals surface area (Å²) in [6, 6.07) is 23.6. The second-order valence-electron chi connectivity index (χ2n) is 14.7. The number of thiazole rings is 1. The van der Waals surface area contributed by atoms with Crippen LogP contribution in [0.4, 0.5) is 0 Å². The molecule has 0 spiro atoms. The summed E-state index contributed by atoms with van der Waals surface area (Å²) in [5.74, 6) is -1.30. The van der Waals surface area contributed by atoms with Crippen molar-refractivity contribution in [3.63, 3.8) is 0 Å². The first kappa shape index (κ1) is 44.6. The van der Waals surface area contributed by atoms with E-state index in [0.29, 0.717) is 39.8 Å². The van der Waals surface area contributed by atoms with Gasteiger partial charge in [-0.3, -0.25) is 14.6 Å². The molecule has 6 rings (SSSR count). The highest BCUT2D eigenvalue weighted by Crippen LogP contribution is 2.39. The fraction of sp³-hybridized carbons (Fsp3) is 0.283. The molecule has 15 heteroatoms. The van der Waals surface area contributed by atoms with E-state index in [1.165, 1.54) is 6.20 Å². The van der Waals surface area contributed by atoms with Crippen molar-refractivity contribution in [1.29, 1.82) is 5.26 Å². The Bertz CT molecular complexity index is 2590. The van der Waals surface area contributed by atoms with Gasteiger partial charge < -0.3 is 40.5 Å². The van der Waals surface area contributed by atoms with E-state index in [1.54, 1.807) is 35.7 Å². The molecule has 61 heavy (non-hydrogen) atoms. The number of ether oxygens (including phenoxy) is 2. The van der Waals surface area contributed by atoms with Crippen LogP contribution in [-0.4, -0.2) is 67.6 Å². The van der Waals surface area contributed by atoms with E-state index in [-0.39, 0.29) is 39.3 Å². The molecule has 2 aromatic heterocycles. The molecule has 13 nitrogen and oxygen atoms in total. The van der Waals surface area contributed by atoms with Crippen LogP contribution in [0.3, 0.4) is 0 Å². The molecule has 2 unspecified atom stereocenters. The number of nitriles is 1. The Morgan fingerprint density at radius 1 is 0.770 bits per heavy atom. The van der Waals surface area contributed by atoms with Crippen LogP contribution in [0.1, 0.15) is 57.3 Å². The number of aryl methyl sites for hydroxylation is 1. The lowest BCUT2D eigenvalue weighted by Gasteiger charge is -2.18. The molecule has 0 amide bonds. The zero-order valence-corrected chi connectivity index (χ0v) is 35.4. The summed E-state index contributed by atoms with van der Waals surface area (Å²) in [6.45, 7) is 7.41. The first-order valence-corrected chi connectivity index (χ1v) is 20.7. The number of rotatable bonds is 20. The molecule has 6 N–H and O–H groups in total. The minimum Gasteiger partial charge on any atom is -0.488 e. The van der Waals surface area contributed by atoms with Crippen molar-refractivity contribution < 1.29 is 39.5 Å². The lowest BCUT2D eigenvalue weighted by atomic mass is 9.91. The maximum atomic E-state index is 11.0. The van der Waals surface area contributed by atoms with Crippen molar-refractivity contribution in [3.05, 3.63) is 129 Å². The van der Waals surface area contributed by atoms with Gasteiger partial charge >= 0.3 is 11.9 Å². The Labute approximate surface area is 362 Å². The van der Waals surface area contributed by atoms with Crippen molar-refractivity contribution in [2.75, 3.05) is 13.1 Å². The third-order valence-electron chi connectivity index (χ3n) is 10.3. The van der Waals surface area contributed by atoms with Crippen LogP contribution in [-0.2, 0) is 35.9 Å². The molecule has 2 atom stereocenters. The second kappa shape index (κ2) is 20.6. The number of pyridine rings is 1. The molecule has 0 saturated heterocycles. The van der Waals surface area contributed by atoms with E-state index < -0.39 is 30.6 Å². The number of halogens is 1. The highest BCUT2D eigenvalue weighted by molar-refractivity contribution is 7.21. The predicted octanol–water partition coefficient (Wildman–Crippen LogP) is 7.48. The SMILES string of the molecule is Cc1c(COc2cc(OCc3cncc(C#N)c3)c(CNCC(O)CC(=O)O)cc2Cl)cccc1-c1cccc(-c2nc3c(C)c(CNCC(O)CC(=O)O)ccc3s2)c1C. The molecule has 2 heterocycles. The van der Waals surface area contributed by atoms with Gasteiger partial charge in [-0.25, -0.2) is 4.98 Å². The summed E-state index contributed by atoms with van der Waals surface area (Å²) in [5, 5.41) is 54.7. The number of aromatic nitrogens is 2. The van der Waals surface area contributed by atoms with Crippen molar-refractivity contribution in [3.8, 4) is 39.3 Å². The molecule has 0 aliphatic heterocycles. The number of carbonyl (C=O) groups is 2. The molecule has 6 aromatic rings. The normalized spacial score (nSPS) is 12.2. The topological polar surface area (TPSA) is 207 Å². The van der Waals surface area contributed by atoms with Crippen LogP contribution in [0.15, 0.2) is 79.1 Å². The highest BCUT2D eigenvalue weighted by atomic mass is 35.5. The number of aliphatic hydroxyl groups is 2. The molecule has 0 fully saturated rings. The van der Waals surface area contributed by atoms with Crippen LogP contribution >= 0.6 is 22.9 Å². The second-order valence-corrected chi connectivity index (χ2v) is 16.1. The van der Waals surface area contributed by atoms with Gasteiger partial charge in [0.05, 0.1) is 45.9 Å². The van der Waals surface area contributed by atoms with Gasteiger partial charge in [-0.15, -0.1) is 11.3 Å². The maximum absolute atomic E-state index is 11.0. The van der Waals surface area contributed by atoms with Crippen LogP contribution in [0.2, 0.25) is 5.02 Å². The summed E-state index contributed by atoms with van der Waals surface area (Å²) in [4.78, 5) is 31.1. The minimum absolute atomic E-state index is 0.0414. The number of hydrogen-bond donors (Lipinski definition) is 6. The molecule has 0 radical (unpaired) electrons. The number of nitrogens with one attached hydrogen (secondary N) is 2. The first-order valence-electron chi connectivity index (χ1n) is 19.5. The Kier molecular flexibility index (Phi) is 15.0. The summed E-state index contributed by atoms with van der Waals surface area (Å²) in [5.41, 5.74) is 10.9. The molecular weight excluding hydrogens is 818 g/mol. The van der Waals surface area contributed by atoms with Gasteiger partial charge in [-0.05, 0) is 77.9 Å². The Balaban J connectivity index is 1.20. The molecule has 4 aromatic carbocycles. The van der Waals surface area contributed by atoms with Gasteiger partial charge in [0.15, 0.2) is 0 Å². The monoisotopic (exact) mass is 863 g/mol. The van der Waals surface area contributed by atoms with E-state index in [0.717, 1.165) is 59.7 Å². The fourth-order valence-corrected chi connectivity index (χ4v) is 8.31. The van der Waals surface area contributed by atoms with Crippen LogP contribution < -0.4 is 20.1 Å². The van der Waals surface area contributed by atoms with E-state index in [9.17, 15) is 25.1 Å². The molecule has 316 valence electrons. The van der Waals surface area contributed by atoms with Gasteiger partial charge in [0.25, 0.3) is 0 Å². The number of benzene rings is 4. The number of aliphatic carboxylic acids is 2. The lowest BCUT2D eigenvalue weighted by molar-refractivity contribution is -0.140. The Morgan fingerprint density at radius 3 is 2.10 bits per heavy atom. The van der Waals surface area contributed by atoms with Crippen molar-refractivity contribution in [2.45, 2.75) is 72.1 Å². The first-order chi connectivity index (χ1) is 29.3. The summed E-state index contributed by atoms with van der Waals surface area (Å²) in [6.07, 6.45) is 0.329. The smallest absolute Gasteiger partial charge is 0.306 e. The fourth-order valence-electron chi connectivity index (χ4n) is 6.96. The zero-order valence-electron chi connectivity index (χ0n) is 33.9. The van der Waals surface area contributed by atoms with E-state index in [2.05, 4.69) is 59.8 Å². The maximum Gasteiger partial charge on any atom is 0.306 e. The van der Waals surface area contributed by atoms with Crippen LogP contribution in [0, 0.1) is 32.1 Å². The average molecular weight is 864 g/mol. The number of carboxylic acids is 2. The minimum atomic E-state index is -1.10. The standard InChI is InChI=1S/C46H46ClN5O8S/c1-26-32(25-60-41-16-40(59-24-30-12-29(17-48)18-49-19-30)33(13-39(41)47)21-51-23-35(54)15-44(57)58)6-4-7-36(26)37-8-5-9-38(28(37)3)46-52-45-27(2)31(10-11-42(45)61-46)20-50-22-34(53)14-43(55)56/h4-13,16,18-19,34-35,50-51,53-54H,14-15,20-25H2,1-3H3,(H,55,56)(H,57,58). The van der Waals surface area contributed by atoms with Gasteiger partial charge in [0, 0.05) is 61.3 Å². The summed E-state index contributed by atoms with van der Waals surface area (Å²) >= 11 is 8.40. The van der Waals surface area contributed by atoms with Crippen molar-refractivity contribution in [1.82, 2.24) is 20.6 Å². The molecule has 0 bridgehead atoms. The van der Waals surface area contributed by atoms with Crippen molar-refractivity contribution in [2.24, 2.45) is 0 Å². The van der Waals surface area contributed by atoms with E-state index >= 15 is 0 Å². The highest BCUT2D eigenvalue weighted by Gasteiger charge is 2.19. The molecule has 0 saturated carbocycles. The Hall–Kier alpha value is -5.92. The van der Waals surface area contributed by atoms with Gasteiger partial charge in [-0.2, -0.15) is 5.26 Å². The number of aliphatic hydroxyl groups excluding tert-OH is 2. The van der Waals surface area contributed by atoms with Crippen LogP contribution in [0.25, 0.3) is 31.9 Å². The Morgan fingerprint density at radius 2 is 1.41 bits per heavy atom. The van der Waals surface area contributed by atoms with E-state index in [4.69, 9.17) is 36.3 Å². The summed E-state index contributed by atoms with van der Waals surface area (Å²) < 4.78 is 13.6. The predicted molar refractivity (Wildman–Crippen MR) is 234 cm³/mol. The molecule has 0 aliphatic carbocycles. The van der Waals surface area contributed by atoms with Gasteiger partial charge in [0.1, 0.15) is 35.8 Å². The van der Waals surface area contributed by atoms with Gasteiger partial charge in [0.2, 0.25) is 0 Å². The molecular formula is C46H46ClN5O8S. The largest absolute Gasteiger partial charge is 0.488 e. The van der Waals surface area contributed by atoms with E-state index in [1.807, 2.05) is 31.2 Å². The van der Waals surface area contributed by atoms with Crippen LogP contribution in [0.5, 0.6) is 11.5 Å². The number of carboxylic acid groups (broad SMARTS) is 2. The summed E-state index contributed by atoms with van der Waals surface area (Å²) in [7, 11) is 0. The third kappa shape index (κ3) is 11.5.